The Morgan fingerprint density at radius 2 is 1.87 bits per heavy atom. The van der Waals surface area contributed by atoms with Crippen molar-refractivity contribution < 1.29 is 4.79 Å². The second-order valence-electron chi connectivity index (χ2n) is 7.02. The zero-order valence-electron chi connectivity index (χ0n) is 17.4. The van der Waals surface area contributed by atoms with Crippen molar-refractivity contribution >= 4 is 29.3 Å². The van der Waals surface area contributed by atoms with Crippen molar-refractivity contribution in [1.29, 1.82) is 0 Å². The number of hydrogen-bond donors (Lipinski definition) is 2. The minimum Gasteiger partial charge on any atom is -0.357 e. The second kappa shape index (κ2) is 11.4. The summed E-state index contributed by atoms with van der Waals surface area (Å²) in [6, 6.07) is 13.6. The molecule has 1 aliphatic rings. The Balaban J connectivity index is 1.43. The van der Waals surface area contributed by atoms with Crippen LogP contribution in [0.25, 0.3) is 0 Å². The molecule has 0 spiro atoms. The van der Waals surface area contributed by atoms with E-state index in [2.05, 4.69) is 25.5 Å². The normalized spacial score (nSPS) is 14.5. The molecular weight excluding hydrogens is 400 g/mol. The van der Waals surface area contributed by atoms with Crippen LogP contribution in [0.4, 0.5) is 5.82 Å². The van der Waals surface area contributed by atoms with Gasteiger partial charge >= 0.3 is 0 Å². The SMILES string of the molecule is CCNC(=NCc1ccccc1Cl)NCCC(=O)N1CCN(c2ccccn2)CC1. The van der Waals surface area contributed by atoms with Gasteiger partial charge in [0.1, 0.15) is 5.82 Å². The Bertz CT molecular complexity index is 837. The number of carbonyl (C=O) groups is 1. The van der Waals surface area contributed by atoms with E-state index in [9.17, 15) is 4.79 Å². The van der Waals surface area contributed by atoms with Crippen LogP contribution in [-0.2, 0) is 11.3 Å². The molecule has 30 heavy (non-hydrogen) atoms. The molecule has 7 nitrogen and oxygen atoms in total. The predicted octanol–water partition coefficient (Wildman–Crippen LogP) is 2.53. The average molecular weight is 429 g/mol. The number of amides is 1. The first kappa shape index (κ1) is 21.9. The molecule has 8 heteroatoms. The first-order valence-corrected chi connectivity index (χ1v) is 10.7. The van der Waals surface area contributed by atoms with Gasteiger partial charge < -0.3 is 20.4 Å². The number of aliphatic imine (C=N–C) groups is 1. The lowest BCUT2D eigenvalue weighted by Crippen LogP contribution is -2.49. The Kier molecular flexibility index (Phi) is 8.32. The summed E-state index contributed by atoms with van der Waals surface area (Å²) in [5.41, 5.74) is 0.971. The van der Waals surface area contributed by atoms with Gasteiger partial charge in [-0.2, -0.15) is 0 Å². The third kappa shape index (κ3) is 6.35. The van der Waals surface area contributed by atoms with E-state index in [1.165, 1.54) is 0 Å². The van der Waals surface area contributed by atoms with Crippen LogP contribution in [0, 0.1) is 0 Å². The molecular formula is C22H29ClN6O. The molecule has 1 fully saturated rings. The van der Waals surface area contributed by atoms with E-state index in [0.717, 1.165) is 44.1 Å². The third-order valence-electron chi connectivity index (χ3n) is 4.95. The first-order chi connectivity index (χ1) is 14.7. The lowest BCUT2D eigenvalue weighted by atomic mass is 10.2. The molecule has 1 aromatic heterocycles. The summed E-state index contributed by atoms with van der Waals surface area (Å²) in [5, 5.41) is 7.16. The number of benzene rings is 1. The van der Waals surface area contributed by atoms with Gasteiger partial charge in [-0.1, -0.05) is 35.9 Å². The fourth-order valence-electron chi connectivity index (χ4n) is 3.30. The molecule has 0 atom stereocenters. The summed E-state index contributed by atoms with van der Waals surface area (Å²) in [5.74, 6) is 1.81. The number of nitrogens with one attached hydrogen (secondary N) is 2. The van der Waals surface area contributed by atoms with Crippen LogP contribution in [0.15, 0.2) is 53.7 Å². The largest absolute Gasteiger partial charge is 0.357 e. The summed E-state index contributed by atoms with van der Waals surface area (Å²) in [7, 11) is 0. The second-order valence-corrected chi connectivity index (χ2v) is 7.43. The van der Waals surface area contributed by atoms with Crippen LogP contribution < -0.4 is 15.5 Å². The highest BCUT2D eigenvalue weighted by atomic mass is 35.5. The zero-order chi connectivity index (χ0) is 21.2. The van der Waals surface area contributed by atoms with Crippen LogP contribution in [0.3, 0.4) is 0 Å². The molecule has 0 saturated carbocycles. The lowest BCUT2D eigenvalue weighted by molar-refractivity contribution is -0.131. The molecule has 160 valence electrons. The minimum atomic E-state index is 0.158. The maximum Gasteiger partial charge on any atom is 0.224 e. The van der Waals surface area contributed by atoms with Gasteiger partial charge in [-0.3, -0.25) is 4.79 Å². The van der Waals surface area contributed by atoms with Crippen LogP contribution >= 0.6 is 11.6 Å². The highest BCUT2D eigenvalue weighted by Crippen LogP contribution is 2.15. The Morgan fingerprint density at radius 3 is 2.57 bits per heavy atom. The topological polar surface area (TPSA) is 72.9 Å². The fourth-order valence-corrected chi connectivity index (χ4v) is 3.50. The van der Waals surface area contributed by atoms with Crippen molar-refractivity contribution in [2.75, 3.05) is 44.2 Å². The van der Waals surface area contributed by atoms with E-state index in [1.807, 2.05) is 54.3 Å². The average Bonchev–Trinajstić information content (AvgIpc) is 2.79. The van der Waals surface area contributed by atoms with Gasteiger partial charge in [0.25, 0.3) is 0 Å². The number of nitrogens with zero attached hydrogens (tertiary/aromatic N) is 4. The van der Waals surface area contributed by atoms with Crippen LogP contribution in [-0.4, -0.2) is 61.0 Å². The highest BCUT2D eigenvalue weighted by Gasteiger charge is 2.21. The van der Waals surface area contributed by atoms with Crippen molar-refractivity contribution in [3.05, 3.63) is 59.2 Å². The number of piperazine rings is 1. The maximum atomic E-state index is 12.6. The molecule has 0 aliphatic carbocycles. The van der Waals surface area contributed by atoms with Crippen molar-refractivity contribution in [1.82, 2.24) is 20.5 Å². The number of hydrogen-bond acceptors (Lipinski definition) is 4. The lowest BCUT2D eigenvalue weighted by Gasteiger charge is -2.35. The number of guanidine groups is 1. The molecule has 2 heterocycles. The molecule has 0 bridgehead atoms. The summed E-state index contributed by atoms with van der Waals surface area (Å²) in [4.78, 5) is 25.7. The van der Waals surface area contributed by atoms with Gasteiger partial charge in [-0.25, -0.2) is 9.98 Å². The van der Waals surface area contributed by atoms with Crippen LogP contribution in [0.5, 0.6) is 0 Å². The molecule has 1 saturated heterocycles. The highest BCUT2D eigenvalue weighted by molar-refractivity contribution is 6.31. The van der Waals surface area contributed by atoms with Gasteiger partial charge in [-0.15, -0.1) is 0 Å². The van der Waals surface area contributed by atoms with Crippen LogP contribution in [0.2, 0.25) is 5.02 Å². The number of pyridine rings is 1. The Hall–Kier alpha value is -2.80. The smallest absolute Gasteiger partial charge is 0.224 e. The summed E-state index contributed by atoms with van der Waals surface area (Å²) < 4.78 is 0. The van der Waals surface area contributed by atoms with Crippen molar-refractivity contribution in [2.24, 2.45) is 4.99 Å². The van der Waals surface area contributed by atoms with Gasteiger partial charge in [0.2, 0.25) is 5.91 Å². The van der Waals surface area contributed by atoms with Crippen molar-refractivity contribution in [3.8, 4) is 0 Å². The quantitative estimate of drug-likeness (QED) is 0.523. The minimum absolute atomic E-state index is 0.158. The molecule has 1 amide bonds. The first-order valence-electron chi connectivity index (χ1n) is 10.4. The van der Waals surface area contributed by atoms with Gasteiger partial charge in [0, 0.05) is 56.9 Å². The standard InChI is InChI=1S/C22H29ClN6O/c1-2-24-22(27-17-18-7-3-4-8-19(18)23)26-12-10-21(30)29-15-13-28(14-16-29)20-9-5-6-11-25-20/h3-9,11H,2,10,12-17H2,1H3,(H2,24,26,27). The van der Waals surface area contributed by atoms with E-state index >= 15 is 0 Å². The predicted molar refractivity (Wildman–Crippen MR) is 122 cm³/mol. The fraction of sp³-hybridized carbons (Fsp3) is 0.409. The van der Waals surface area contributed by atoms with Gasteiger partial charge in [0.05, 0.1) is 6.54 Å². The van der Waals surface area contributed by atoms with E-state index in [1.54, 1.807) is 6.20 Å². The van der Waals surface area contributed by atoms with Crippen molar-refractivity contribution in [2.45, 2.75) is 19.9 Å². The number of rotatable bonds is 7. The maximum absolute atomic E-state index is 12.6. The molecule has 1 aliphatic heterocycles. The molecule has 0 radical (unpaired) electrons. The number of aromatic nitrogens is 1. The number of halogens is 1. The molecule has 2 aromatic rings. The monoisotopic (exact) mass is 428 g/mol. The number of carbonyl (C=O) groups excluding carboxylic acids is 1. The molecule has 3 rings (SSSR count). The van der Waals surface area contributed by atoms with Crippen molar-refractivity contribution in [3.63, 3.8) is 0 Å². The summed E-state index contributed by atoms with van der Waals surface area (Å²) in [6.45, 7) is 6.82. The Morgan fingerprint density at radius 1 is 1.10 bits per heavy atom. The van der Waals surface area contributed by atoms with Gasteiger partial charge in [0.15, 0.2) is 5.96 Å². The van der Waals surface area contributed by atoms with E-state index < -0.39 is 0 Å². The molecule has 1 aromatic carbocycles. The van der Waals surface area contributed by atoms with Crippen LogP contribution in [0.1, 0.15) is 18.9 Å². The third-order valence-corrected chi connectivity index (χ3v) is 5.32. The van der Waals surface area contributed by atoms with E-state index in [0.29, 0.717) is 30.5 Å². The Labute approximate surface area is 183 Å². The zero-order valence-corrected chi connectivity index (χ0v) is 18.1. The van der Waals surface area contributed by atoms with E-state index in [-0.39, 0.29) is 5.91 Å². The summed E-state index contributed by atoms with van der Waals surface area (Å²) in [6.07, 6.45) is 2.23. The van der Waals surface area contributed by atoms with Gasteiger partial charge in [-0.05, 0) is 30.7 Å². The molecule has 0 unspecified atom stereocenters. The van der Waals surface area contributed by atoms with E-state index in [4.69, 9.17) is 11.6 Å². The number of anilines is 1. The summed E-state index contributed by atoms with van der Waals surface area (Å²) >= 11 is 6.20. The molecule has 2 N–H and O–H groups in total.